The molecule has 1 aromatic carbocycles. The van der Waals surface area contributed by atoms with E-state index >= 15 is 0 Å². The van der Waals surface area contributed by atoms with Crippen LogP contribution in [0.4, 0.5) is 0 Å². The molecule has 1 heterocycles. The first-order valence-corrected chi connectivity index (χ1v) is 11.1. The summed E-state index contributed by atoms with van der Waals surface area (Å²) >= 11 is 0. The van der Waals surface area contributed by atoms with E-state index in [9.17, 15) is 4.79 Å². The van der Waals surface area contributed by atoms with Crippen molar-refractivity contribution < 1.29 is 28.8 Å². The molecule has 0 aliphatic carbocycles. The monoisotopic (exact) mass is 435 g/mol. The average molecular weight is 436 g/mol. The second kappa shape index (κ2) is 14.2. The van der Waals surface area contributed by atoms with Crippen LogP contribution in [0.25, 0.3) is 0 Å². The van der Waals surface area contributed by atoms with E-state index in [1.54, 1.807) is 0 Å². The van der Waals surface area contributed by atoms with Crippen molar-refractivity contribution >= 4 is 5.91 Å². The molecule has 174 valence electrons. The zero-order valence-electron chi connectivity index (χ0n) is 18.9. The number of benzene rings is 1. The summed E-state index contributed by atoms with van der Waals surface area (Å²) in [7, 11) is 0. The molecule has 7 heteroatoms. The molecule has 1 aliphatic heterocycles. The molecule has 1 aromatic rings. The summed E-state index contributed by atoms with van der Waals surface area (Å²) in [6.45, 7) is 8.97. The Morgan fingerprint density at radius 2 is 1.84 bits per heavy atom. The van der Waals surface area contributed by atoms with Crippen LogP contribution in [0.2, 0.25) is 0 Å². The highest BCUT2D eigenvalue weighted by molar-refractivity contribution is 5.91. The van der Waals surface area contributed by atoms with E-state index in [0.717, 1.165) is 12.0 Å². The van der Waals surface area contributed by atoms with Crippen molar-refractivity contribution in [2.24, 2.45) is 17.8 Å². The fraction of sp³-hybridized carbons (Fsp3) is 0.625. The number of hydrogen-bond acceptors (Lipinski definition) is 6. The molecule has 0 bridgehead atoms. The van der Waals surface area contributed by atoms with E-state index in [1.807, 2.05) is 43.3 Å². The Labute approximate surface area is 185 Å². The number of hydrogen-bond donors (Lipinski definition) is 2. The molecular formula is C24H37NO6. The predicted octanol–water partition coefficient (Wildman–Crippen LogP) is 2.88. The van der Waals surface area contributed by atoms with Crippen LogP contribution in [-0.4, -0.2) is 56.9 Å². The van der Waals surface area contributed by atoms with Gasteiger partial charge >= 0.3 is 0 Å². The number of rotatable bonds is 14. The maximum absolute atomic E-state index is 12.8. The number of allylic oxidation sites excluding steroid dienone is 1. The lowest BCUT2D eigenvalue weighted by atomic mass is 9.79. The van der Waals surface area contributed by atoms with Crippen molar-refractivity contribution in [3.05, 3.63) is 47.7 Å². The Kier molecular flexibility index (Phi) is 11.6. The third-order valence-electron chi connectivity index (χ3n) is 5.25. The minimum absolute atomic E-state index is 0.0130. The first-order valence-electron chi connectivity index (χ1n) is 11.1. The van der Waals surface area contributed by atoms with Crippen LogP contribution < -0.4 is 5.32 Å². The van der Waals surface area contributed by atoms with Gasteiger partial charge < -0.3 is 29.4 Å². The van der Waals surface area contributed by atoms with Crippen molar-refractivity contribution in [2.75, 3.05) is 39.6 Å². The fourth-order valence-corrected chi connectivity index (χ4v) is 3.67. The number of nitrogens with one attached hydrogen (secondary N) is 1. The predicted molar refractivity (Wildman–Crippen MR) is 118 cm³/mol. The van der Waals surface area contributed by atoms with Gasteiger partial charge in [0.15, 0.2) is 5.76 Å². The van der Waals surface area contributed by atoms with Gasteiger partial charge in [0.05, 0.1) is 26.4 Å². The third kappa shape index (κ3) is 8.61. The van der Waals surface area contributed by atoms with Crippen LogP contribution in [0.3, 0.4) is 0 Å². The zero-order valence-corrected chi connectivity index (χ0v) is 18.9. The standard InChI is InChI=1S/C24H37NO6/c1-4-30-24-20(10-12-28-14-15-29-13-11-26)21(18(2)3)16-22(31-24)23(27)25-17-19-8-6-5-7-9-19/h5-9,16,18,20-21,24,26H,4,10-15,17H2,1-3H3,(H,25,27)/t20-,21+,24+/m1/s1. The summed E-state index contributed by atoms with van der Waals surface area (Å²) in [6, 6.07) is 9.79. The summed E-state index contributed by atoms with van der Waals surface area (Å²) in [4.78, 5) is 12.8. The van der Waals surface area contributed by atoms with Gasteiger partial charge in [0, 0.05) is 25.7 Å². The van der Waals surface area contributed by atoms with Crippen molar-refractivity contribution in [1.29, 1.82) is 0 Å². The van der Waals surface area contributed by atoms with Crippen LogP contribution >= 0.6 is 0 Å². The van der Waals surface area contributed by atoms with E-state index < -0.39 is 6.29 Å². The van der Waals surface area contributed by atoms with Crippen LogP contribution in [-0.2, 0) is 30.3 Å². The van der Waals surface area contributed by atoms with E-state index in [-0.39, 0.29) is 24.3 Å². The van der Waals surface area contributed by atoms with Crippen LogP contribution in [0.1, 0.15) is 32.8 Å². The summed E-state index contributed by atoms with van der Waals surface area (Å²) < 4.78 is 22.8. The molecule has 0 aromatic heterocycles. The topological polar surface area (TPSA) is 86.3 Å². The van der Waals surface area contributed by atoms with Gasteiger partial charge in [0.2, 0.25) is 6.29 Å². The van der Waals surface area contributed by atoms with E-state index in [0.29, 0.717) is 51.3 Å². The summed E-state index contributed by atoms with van der Waals surface area (Å²) in [5.74, 6) is 0.639. The van der Waals surface area contributed by atoms with Gasteiger partial charge in [0.1, 0.15) is 0 Å². The Balaban J connectivity index is 1.97. The van der Waals surface area contributed by atoms with Gasteiger partial charge in [-0.25, -0.2) is 0 Å². The highest BCUT2D eigenvalue weighted by Crippen LogP contribution is 2.36. The van der Waals surface area contributed by atoms with Gasteiger partial charge in [-0.1, -0.05) is 44.2 Å². The van der Waals surface area contributed by atoms with Crippen molar-refractivity contribution in [3.63, 3.8) is 0 Å². The highest BCUT2D eigenvalue weighted by atomic mass is 16.7. The van der Waals surface area contributed by atoms with E-state index in [1.165, 1.54) is 0 Å². The molecule has 2 rings (SSSR count). The van der Waals surface area contributed by atoms with Gasteiger partial charge in [-0.2, -0.15) is 0 Å². The number of carbonyl (C=O) groups excluding carboxylic acids is 1. The van der Waals surface area contributed by atoms with Crippen LogP contribution in [0, 0.1) is 17.8 Å². The van der Waals surface area contributed by atoms with Crippen molar-refractivity contribution in [2.45, 2.75) is 40.0 Å². The second-order valence-corrected chi connectivity index (χ2v) is 7.86. The first kappa shape index (κ1) is 25.3. The SMILES string of the molecule is CCO[C@H]1OC(C(=O)NCc2ccccc2)=C[C@@H](C(C)C)[C@H]1CCOCCOCCO. The second-order valence-electron chi connectivity index (χ2n) is 7.86. The Morgan fingerprint density at radius 1 is 1.13 bits per heavy atom. The number of carbonyl (C=O) groups is 1. The Morgan fingerprint density at radius 3 is 2.48 bits per heavy atom. The molecule has 3 atom stereocenters. The number of aliphatic hydroxyl groups excluding tert-OH is 1. The molecule has 0 fully saturated rings. The number of aliphatic hydroxyl groups is 1. The lowest BCUT2D eigenvalue weighted by Crippen LogP contribution is -2.41. The molecule has 1 amide bonds. The molecule has 0 saturated heterocycles. The average Bonchev–Trinajstić information content (AvgIpc) is 2.78. The molecule has 0 radical (unpaired) electrons. The minimum atomic E-state index is -0.492. The normalized spacial score (nSPS) is 20.9. The summed E-state index contributed by atoms with van der Waals surface area (Å²) in [5, 5.41) is 11.7. The third-order valence-corrected chi connectivity index (χ3v) is 5.25. The number of ether oxygens (including phenoxy) is 4. The maximum Gasteiger partial charge on any atom is 0.286 e. The van der Waals surface area contributed by atoms with Crippen molar-refractivity contribution in [3.8, 4) is 0 Å². The lowest BCUT2D eigenvalue weighted by molar-refractivity contribution is -0.177. The maximum atomic E-state index is 12.8. The van der Waals surface area contributed by atoms with Crippen molar-refractivity contribution in [1.82, 2.24) is 5.32 Å². The molecular weight excluding hydrogens is 398 g/mol. The fourth-order valence-electron chi connectivity index (χ4n) is 3.67. The highest BCUT2D eigenvalue weighted by Gasteiger charge is 2.38. The zero-order chi connectivity index (χ0) is 22.5. The van der Waals surface area contributed by atoms with Crippen LogP contribution in [0.5, 0.6) is 0 Å². The molecule has 0 spiro atoms. The molecule has 0 saturated carbocycles. The molecule has 31 heavy (non-hydrogen) atoms. The molecule has 1 aliphatic rings. The lowest BCUT2D eigenvalue weighted by Gasteiger charge is -2.38. The van der Waals surface area contributed by atoms with Crippen LogP contribution in [0.15, 0.2) is 42.2 Å². The smallest absolute Gasteiger partial charge is 0.286 e. The van der Waals surface area contributed by atoms with E-state index in [2.05, 4.69) is 19.2 Å². The van der Waals surface area contributed by atoms with Gasteiger partial charge in [-0.05, 0) is 36.8 Å². The Hall–Kier alpha value is -1.93. The molecule has 7 nitrogen and oxygen atoms in total. The van der Waals surface area contributed by atoms with Gasteiger partial charge in [-0.3, -0.25) is 4.79 Å². The Bertz CT molecular complexity index is 663. The summed E-state index contributed by atoms with van der Waals surface area (Å²) in [6.07, 6.45) is 2.20. The quantitative estimate of drug-likeness (QED) is 0.437. The largest absolute Gasteiger partial charge is 0.459 e. The summed E-state index contributed by atoms with van der Waals surface area (Å²) in [5.41, 5.74) is 1.03. The molecule has 0 unspecified atom stereocenters. The van der Waals surface area contributed by atoms with Gasteiger partial charge in [-0.15, -0.1) is 0 Å². The van der Waals surface area contributed by atoms with E-state index in [4.69, 9.17) is 24.1 Å². The minimum Gasteiger partial charge on any atom is -0.459 e. The van der Waals surface area contributed by atoms with Gasteiger partial charge in [0.25, 0.3) is 5.91 Å². The number of amides is 1. The molecule has 2 N–H and O–H groups in total. The first-order chi connectivity index (χ1) is 15.1.